The number of carbonyl (C=O) groups excluding carboxylic acids is 1. The highest BCUT2D eigenvalue weighted by molar-refractivity contribution is 7.99. The zero-order chi connectivity index (χ0) is 15.5. The lowest BCUT2D eigenvalue weighted by atomic mass is 10.1. The molecule has 2 aromatic heterocycles. The summed E-state index contributed by atoms with van der Waals surface area (Å²) >= 11 is 1.15. The number of hydrogen-bond acceptors (Lipinski definition) is 6. The van der Waals surface area contributed by atoms with Crippen LogP contribution in [-0.2, 0) is 9.53 Å². The summed E-state index contributed by atoms with van der Waals surface area (Å²) in [4.78, 5) is 31.9. The maximum absolute atomic E-state index is 12.1. The Bertz CT molecular complexity index is 873. The molecule has 0 radical (unpaired) electrons. The van der Waals surface area contributed by atoms with E-state index in [1.165, 1.54) is 17.7 Å². The fourth-order valence-corrected chi connectivity index (χ4v) is 2.54. The predicted octanol–water partition coefficient (Wildman–Crippen LogP) is 1.35. The van der Waals surface area contributed by atoms with Gasteiger partial charge >= 0.3 is 5.97 Å². The topological polar surface area (TPSA) is 89.3 Å². The molecule has 8 heteroatoms. The second-order valence-electron chi connectivity index (χ2n) is 4.37. The number of nitrogens with one attached hydrogen (secondary N) is 1. The summed E-state index contributed by atoms with van der Waals surface area (Å²) in [7, 11) is 1.32. The largest absolute Gasteiger partial charge is 0.468 e. The number of benzene rings is 1. The third-order valence-corrected chi connectivity index (χ3v) is 3.77. The number of carbonyl (C=O) groups is 1. The molecule has 0 aliphatic carbocycles. The van der Waals surface area contributed by atoms with Gasteiger partial charge in [0.05, 0.1) is 18.6 Å². The van der Waals surface area contributed by atoms with E-state index in [0.29, 0.717) is 10.9 Å². The second kappa shape index (κ2) is 6.02. The number of aromatic amines is 1. The van der Waals surface area contributed by atoms with Crippen molar-refractivity contribution in [3.8, 4) is 11.3 Å². The predicted molar refractivity (Wildman–Crippen MR) is 81.8 cm³/mol. The van der Waals surface area contributed by atoms with Crippen LogP contribution < -0.4 is 5.56 Å². The molecule has 0 aliphatic heterocycles. The number of hydrogen-bond donors (Lipinski definition) is 1. The van der Waals surface area contributed by atoms with Gasteiger partial charge in [-0.15, -0.1) is 0 Å². The summed E-state index contributed by atoms with van der Waals surface area (Å²) in [5, 5.41) is 3.24. The Kier molecular flexibility index (Phi) is 3.92. The van der Waals surface area contributed by atoms with Crippen LogP contribution in [0.25, 0.3) is 17.0 Å². The Morgan fingerprint density at radius 1 is 1.32 bits per heavy atom. The van der Waals surface area contributed by atoms with Crippen molar-refractivity contribution in [1.29, 1.82) is 0 Å². The number of rotatable bonds is 4. The van der Waals surface area contributed by atoms with Gasteiger partial charge < -0.3 is 4.74 Å². The van der Waals surface area contributed by atoms with Crippen LogP contribution in [-0.4, -0.2) is 38.4 Å². The number of ether oxygens (including phenoxy) is 1. The molecular weight excluding hydrogens is 304 g/mol. The number of esters is 1. The van der Waals surface area contributed by atoms with E-state index < -0.39 is 0 Å². The Hall–Kier alpha value is -2.61. The lowest BCUT2D eigenvalue weighted by molar-refractivity contribution is -0.137. The number of fused-ring (bicyclic) bond motifs is 1. The first-order chi connectivity index (χ1) is 10.7. The van der Waals surface area contributed by atoms with Crippen molar-refractivity contribution in [2.24, 2.45) is 0 Å². The minimum absolute atomic E-state index is 0.108. The maximum Gasteiger partial charge on any atom is 0.316 e. The summed E-state index contributed by atoms with van der Waals surface area (Å²) in [6, 6.07) is 10.8. The Morgan fingerprint density at radius 2 is 2.09 bits per heavy atom. The van der Waals surface area contributed by atoms with E-state index >= 15 is 0 Å². The lowest BCUT2D eigenvalue weighted by Crippen LogP contribution is -2.14. The van der Waals surface area contributed by atoms with Crippen LogP contribution >= 0.6 is 11.8 Å². The van der Waals surface area contributed by atoms with Gasteiger partial charge in [-0.3, -0.25) is 14.7 Å². The van der Waals surface area contributed by atoms with Crippen LogP contribution in [0.4, 0.5) is 0 Å². The molecule has 0 unspecified atom stereocenters. The number of aromatic nitrogens is 4. The van der Waals surface area contributed by atoms with Gasteiger partial charge in [-0.25, -0.2) is 4.98 Å². The van der Waals surface area contributed by atoms with Gasteiger partial charge in [0.15, 0.2) is 5.16 Å². The van der Waals surface area contributed by atoms with Crippen LogP contribution in [0.2, 0.25) is 0 Å². The molecule has 3 aromatic rings. The molecule has 2 heterocycles. The van der Waals surface area contributed by atoms with Crippen molar-refractivity contribution >= 4 is 23.5 Å². The number of methoxy groups -OCH3 is 1. The first-order valence-electron chi connectivity index (χ1n) is 6.42. The molecule has 0 spiro atoms. The molecule has 0 saturated carbocycles. The van der Waals surface area contributed by atoms with Crippen LogP contribution in [0, 0.1) is 0 Å². The van der Waals surface area contributed by atoms with Crippen LogP contribution in [0.3, 0.4) is 0 Å². The molecule has 1 N–H and O–H groups in total. The fourth-order valence-electron chi connectivity index (χ4n) is 1.87. The smallest absolute Gasteiger partial charge is 0.316 e. The third kappa shape index (κ3) is 2.86. The van der Waals surface area contributed by atoms with E-state index in [1.54, 1.807) is 0 Å². The molecule has 1 aromatic carbocycles. The Morgan fingerprint density at radius 3 is 2.82 bits per heavy atom. The Balaban J connectivity index is 1.97. The fraction of sp³-hybridized carbons (Fsp3) is 0.143. The van der Waals surface area contributed by atoms with E-state index in [9.17, 15) is 9.59 Å². The second-order valence-corrected chi connectivity index (χ2v) is 5.34. The highest BCUT2D eigenvalue weighted by Crippen LogP contribution is 2.17. The zero-order valence-corrected chi connectivity index (χ0v) is 12.5. The minimum atomic E-state index is -0.365. The standard InChI is InChI=1S/C14H12N4O3S/c1-21-12(20)8-22-14-16-13-15-10(7-11(19)18(13)17-14)9-5-3-2-4-6-9/h2-7H,8H2,1H3,(H,15,16,17). The Labute approximate surface area is 129 Å². The summed E-state index contributed by atoms with van der Waals surface area (Å²) in [5.41, 5.74) is 1.14. The van der Waals surface area contributed by atoms with Gasteiger partial charge in [-0.2, -0.15) is 9.50 Å². The highest BCUT2D eigenvalue weighted by Gasteiger charge is 2.11. The maximum atomic E-state index is 12.1. The lowest BCUT2D eigenvalue weighted by Gasteiger charge is -1.99. The van der Waals surface area contributed by atoms with E-state index in [0.717, 1.165) is 17.3 Å². The molecule has 0 aliphatic rings. The van der Waals surface area contributed by atoms with E-state index in [-0.39, 0.29) is 23.1 Å². The quantitative estimate of drug-likeness (QED) is 0.577. The minimum Gasteiger partial charge on any atom is -0.468 e. The van der Waals surface area contributed by atoms with Crippen molar-refractivity contribution in [3.63, 3.8) is 0 Å². The first-order valence-corrected chi connectivity index (χ1v) is 7.41. The summed E-state index contributed by atoms with van der Waals surface area (Å²) in [6.45, 7) is 0. The van der Waals surface area contributed by atoms with Crippen LogP contribution in [0.5, 0.6) is 0 Å². The number of nitrogens with zero attached hydrogens (tertiary/aromatic N) is 3. The number of H-pyrrole nitrogens is 1. The molecule has 0 fully saturated rings. The zero-order valence-electron chi connectivity index (χ0n) is 11.6. The summed E-state index contributed by atoms with van der Waals surface area (Å²) in [6.07, 6.45) is 0. The average Bonchev–Trinajstić information content (AvgIpc) is 2.97. The summed E-state index contributed by atoms with van der Waals surface area (Å²) in [5.74, 6) is 0.00540. The van der Waals surface area contributed by atoms with Crippen LogP contribution in [0.15, 0.2) is 46.3 Å². The monoisotopic (exact) mass is 316 g/mol. The van der Waals surface area contributed by atoms with Gasteiger partial charge in [0, 0.05) is 11.6 Å². The van der Waals surface area contributed by atoms with E-state index in [4.69, 9.17) is 0 Å². The van der Waals surface area contributed by atoms with Gasteiger partial charge in [0.1, 0.15) is 0 Å². The van der Waals surface area contributed by atoms with Crippen LogP contribution in [0.1, 0.15) is 0 Å². The first kappa shape index (κ1) is 14.3. The van der Waals surface area contributed by atoms with Crippen molar-refractivity contribution in [3.05, 3.63) is 46.8 Å². The molecule has 7 nitrogen and oxygen atoms in total. The normalized spacial score (nSPS) is 10.8. The van der Waals surface area contributed by atoms with E-state index in [1.807, 2.05) is 30.3 Å². The van der Waals surface area contributed by atoms with Gasteiger partial charge in [-0.05, 0) is 0 Å². The summed E-state index contributed by atoms with van der Waals surface area (Å²) < 4.78 is 5.80. The third-order valence-electron chi connectivity index (χ3n) is 2.93. The van der Waals surface area contributed by atoms with Gasteiger partial charge in [0.25, 0.3) is 11.3 Å². The van der Waals surface area contributed by atoms with Crippen molar-refractivity contribution in [1.82, 2.24) is 19.6 Å². The van der Waals surface area contributed by atoms with E-state index in [2.05, 4.69) is 19.8 Å². The molecule has 0 atom stereocenters. The van der Waals surface area contributed by atoms with Crippen molar-refractivity contribution in [2.75, 3.05) is 12.9 Å². The molecule has 0 saturated heterocycles. The average molecular weight is 316 g/mol. The van der Waals surface area contributed by atoms with Crippen molar-refractivity contribution < 1.29 is 9.53 Å². The van der Waals surface area contributed by atoms with Gasteiger partial charge in [-0.1, -0.05) is 42.1 Å². The SMILES string of the molecule is COC(=O)CSc1nc2nc(-c3ccccc3)cc(=O)n2[nH]1. The molecule has 22 heavy (non-hydrogen) atoms. The van der Waals surface area contributed by atoms with Crippen molar-refractivity contribution in [2.45, 2.75) is 5.16 Å². The molecular formula is C14H12N4O3S. The highest BCUT2D eigenvalue weighted by atomic mass is 32.2. The van der Waals surface area contributed by atoms with Gasteiger partial charge in [0.2, 0.25) is 0 Å². The molecule has 0 bridgehead atoms. The molecule has 0 amide bonds. The number of thioether (sulfide) groups is 1. The molecule has 3 rings (SSSR count). The molecule has 112 valence electrons.